The minimum Gasteiger partial charge on any atom is -1.00 e. The van der Waals surface area contributed by atoms with Crippen LogP contribution < -0.4 is 48.0 Å². The molecular formula is C9H13I2Ti. The van der Waals surface area contributed by atoms with Crippen LogP contribution in [0.1, 0.15) is 27.7 Å². The molecule has 0 aromatic heterocycles. The molecule has 0 saturated carbocycles. The maximum absolute atomic E-state index is 3.36. The molecule has 0 nitrogen and oxygen atoms in total. The van der Waals surface area contributed by atoms with E-state index in [2.05, 4.69) is 33.8 Å². The predicted octanol–water partition coefficient (Wildman–Crippen LogP) is -3.27. The fourth-order valence-electron chi connectivity index (χ4n) is 1.16. The van der Waals surface area contributed by atoms with Gasteiger partial charge in [-0.3, -0.25) is 6.08 Å². The Hall–Kier alpha value is 1.65. The summed E-state index contributed by atoms with van der Waals surface area (Å²) in [6.07, 6.45) is 3.36. The van der Waals surface area contributed by atoms with Gasteiger partial charge in [0.25, 0.3) is 0 Å². The molecule has 0 amide bonds. The molecule has 0 bridgehead atoms. The smallest absolute Gasteiger partial charge is 1.00 e. The van der Waals surface area contributed by atoms with Gasteiger partial charge in [0.05, 0.1) is 0 Å². The van der Waals surface area contributed by atoms with Crippen molar-refractivity contribution >= 4 is 0 Å². The van der Waals surface area contributed by atoms with Gasteiger partial charge < -0.3 is 48.0 Å². The summed E-state index contributed by atoms with van der Waals surface area (Å²) in [4.78, 5) is 0. The van der Waals surface area contributed by atoms with Crippen LogP contribution in [0.3, 0.4) is 0 Å². The maximum Gasteiger partial charge on any atom is 3.00 e. The van der Waals surface area contributed by atoms with E-state index in [4.69, 9.17) is 0 Å². The van der Waals surface area contributed by atoms with Crippen molar-refractivity contribution in [2.75, 3.05) is 0 Å². The third-order valence-corrected chi connectivity index (χ3v) is 2.24. The fourth-order valence-corrected chi connectivity index (χ4v) is 1.16. The van der Waals surface area contributed by atoms with Gasteiger partial charge in [0.15, 0.2) is 0 Å². The molecule has 0 fully saturated rings. The van der Waals surface area contributed by atoms with Crippen LogP contribution in [-0.4, -0.2) is 0 Å². The molecule has 1 unspecified atom stereocenters. The van der Waals surface area contributed by atoms with Crippen LogP contribution in [0.5, 0.6) is 0 Å². The third kappa shape index (κ3) is 4.24. The molecule has 12 heavy (non-hydrogen) atoms. The molecule has 1 atom stereocenters. The van der Waals surface area contributed by atoms with Gasteiger partial charge in [0.1, 0.15) is 0 Å². The van der Waals surface area contributed by atoms with Gasteiger partial charge in [0, 0.05) is 0 Å². The van der Waals surface area contributed by atoms with Crippen LogP contribution >= 0.6 is 0 Å². The SMILES string of the molecule is CC1=[C-]C(C)C(C)=C1C.[I-].[I-].[Ti+3]. The second-order valence-corrected chi connectivity index (χ2v) is 2.80. The Labute approximate surface area is 125 Å². The van der Waals surface area contributed by atoms with Crippen molar-refractivity contribution in [3.05, 3.63) is 22.8 Å². The summed E-state index contributed by atoms with van der Waals surface area (Å²) in [6, 6.07) is 0. The van der Waals surface area contributed by atoms with Crippen LogP contribution in [0.25, 0.3) is 0 Å². The Morgan fingerprint density at radius 3 is 1.58 bits per heavy atom. The third-order valence-electron chi connectivity index (χ3n) is 2.24. The molecule has 1 rings (SSSR count). The topological polar surface area (TPSA) is 0 Å². The molecule has 0 heterocycles. The number of halogens is 2. The molecule has 0 saturated heterocycles. The molecule has 1 aliphatic carbocycles. The first kappa shape index (κ1) is 19.3. The Balaban J connectivity index is -0.000000270. The van der Waals surface area contributed by atoms with Gasteiger partial charge in [-0.2, -0.15) is 11.1 Å². The van der Waals surface area contributed by atoms with E-state index in [1.54, 1.807) is 0 Å². The van der Waals surface area contributed by atoms with E-state index in [0.29, 0.717) is 5.92 Å². The molecular weight excluding hydrogens is 410 g/mol. The first-order valence-electron chi connectivity index (χ1n) is 3.40. The average molecular weight is 423 g/mol. The summed E-state index contributed by atoms with van der Waals surface area (Å²) in [5.74, 6) is 0.560. The summed E-state index contributed by atoms with van der Waals surface area (Å²) in [5, 5.41) is 0. The van der Waals surface area contributed by atoms with Crippen LogP contribution in [0.15, 0.2) is 16.7 Å². The van der Waals surface area contributed by atoms with Crippen LogP contribution in [0.4, 0.5) is 0 Å². The molecule has 3 heteroatoms. The van der Waals surface area contributed by atoms with Gasteiger partial charge in [-0.15, -0.1) is 6.92 Å². The zero-order chi connectivity index (χ0) is 7.02. The van der Waals surface area contributed by atoms with E-state index in [-0.39, 0.29) is 69.7 Å². The van der Waals surface area contributed by atoms with Gasteiger partial charge in [-0.25, -0.2) is 5.57 Å². The number of hydrogen-bond donors (Lipinski definition) is 0. The van der Waals surface area contributed by atoms with E-state index in [0.717, 1.165) is 0 Å². The van der Waals surface area contributed by atoms with E-state index >= 15 is 0 Å². The van der Waals surface area contributed by atoms with E-state index in [9.17, 15) is 0 Å². The van der Waals surface area contributed by atoms with Crippen LogP contribution in [-0.2, 0) is 21.7 Å². The average Bonchev–Trinajstić information content (AvgIpc) is 1.98. The van der Waals surface area contributed by atoms with Gasteiger partial charge >= 0.3 is 21.7 Å². The molecule has 0 N–H and O–H groups in total. The monoisotopic (exact) mass is 423 g/mol. The number of rotatable bonds is 0. The molecule has 67 valence electrons. The van der Waals surface area contributed by atoms with Crippen molar-refractivity contribution in [3.8, 4) is 0 Å². The van der Waals surface area contributed by atoms with Crippen LogP contribution in [0, 0.1) is 12.0 Å². The van der Waals surface area contributed by atoms with Crippen molar-refractivity contribution in [2.45, 2.75) is 27.7 Å². The maximum atomic E-state index is 3.36. The first-order chi connectivity index (χ1) is 4.13. The molecule has 0 aliphatic heterocycles. The first-order valence-corrected chi connectivity index (χ1v) is 3.40. The summed E-state index contributed by atoms with van der Waals surface area (Å²) in [5.41, 5.74) is 4.25. The number of allylic oxidation sites excluding steroid dienone is 4. The van der Waals surface area contributed by atoms with E-state index in [1.165, 1.54) is 16.7 Å². The number of hydrogen-bond acceptors (Lipinski definition) is 0. The Morgan fingerprint density at radius 2 is 1.50 bits per heavy atom. The second kappa shape index (κ2) is 8.00. The minimum absolute atomic E-state index is 0. The Morgan fingerprint density at radius 1 is 1.08 bits per heavy atom. The standard InChI is InChI=1S/C9H13.2HI.Ti/c1-6-5-7(2)9(4)8(6)3;;;/h6H,1-4H3;2*1H;/q-1;;;+3/p-2. The van der Waals surface area contributed by atoms with Gasteiger partial charge in [0.2, 0.25) is 0 Å². The molecule has 0 spiro atoms. The minimum atomic E-state index is 0. The Bertz CT molecular complexity index is 195. The second-order valence-electron chi connectivity index (χ2n) is 2.80. The van der Waals surface area contributed by atoms with Crippen molar-refractivity contribution in [1.29, 1.82) is 0 Å². The van der Waals surface area contributed by atoms with E-state index in [1.807, 2.05) is 0 Å². The molecule has 0 aromatic rings. The fraction of sp³-hybridized carbons (Fsp3) is 0.556. The summed E-state index contributed by atoms with van der Waals surface area (Å²) in [7, 11) is 0. The van der Waals surface area contributed by atoms with Crippen molar-refractivity contribution in [1.82, 2.24) is 0 Å². The molecule has 0 aromatic carbocycles. The van der Waals surface area contributed by atoms with Crippen LogP contribution in [0.2, 0.25) is 0 Å². The largest absolute Gasteiger partial charge is 3.00 e. The zero-order valence-corrected chi connectivity index (χ0v) is 13.7. The Kier molecular flexibility index (Phi) is 12.8. The van der Waals surface area contributed by atoms with Crippen molar-refractivity contribution < 1.29 is 69.7 Å². The molecule has 1 radical (unpaired) electrons. The van der Waals surface area contributed by atoms with Gasteiger partial charge in [-0.1, -0.05) is 26.7 Å². The normalized spacial score (nSPS) is 20.3. The summed E-state index contributed by atoms with van der Waals surface area (Å²) < 4.78 is 0. The summed E-state index contributed by atoms with van der Waals surface area (Å²) >= 11 is 0. The zero-order valence-electron chi connectivity index (χ0n) is 7.83. The van der Waals surface area contributed by atoms with E-state index < -0.39 is 0 Å². The molecule has 1 aliphatic rings. The van der Waals surface area contributed by atoms with Crippen molar-refractivity contribution in [3.63, 3.8) is 0 Å². The quantitative estimate of drug-likeness (QED) is 0.218. The van der Waals surface area contributed by atoms with Gasteiger partial charge in [-0.05, 0) is 0 Å². The van der Waals surface area contributed by atoms with Crippen molar-refractivity contribution in [2.24, 2.45) is 5.92 Å². The summed E-state index contributed by atoms with van der Waals surface area (Å²) in [6.45, 7) is 8.67. The predicted molar refractivity (Wildman–Crippen MR) is 40.0 cm³/mol.